The molecule has 4 rings (SSSR count). The molecule has 1 amide bonds. The van der Waals surface area contributed by atoms with Gasteiger partial charge in [0.25, 0.3) is 0 Å². The Morgan fingerprint density at radius 3 is 2.59 bits per heavy atom. The third-order valence-corrected chi connectivity index (χ3v) is 9.84. The van der Waals surface area contributed by atoms with Crippen LogP contribution in [0.3, 0.4) is 0 Å². The first-order valence-electron chi connectivity index (χ1n) is 9.04. The van der Waals surface area contributed by atoms with E-state index in [-0.39, 0.29) is 11.8 Å². The number of carbonyl (C=O) groups is 1. The molecule has 0 saturated heterocycles. The molecule has 2 aliphatic carbocycles. The maximum absolute atomic E-state index is 13.3. The van der Waals surface area contributed by atoms with Gasteiger partial charge in [-0.1, -0.05) is 55.0 Å². The molecule has 0 radical (unpaired) electrons. The second-order valence-corrected chi connectivity index (χ2v) is 12.5. The Balaban J connectivity index is 1.66. The van der Waals surface area contributed by atoms with E-state index in [4.69, 9.17) is 11.6 Å². The minimum absolute atomic E-state index is 0.0917. The highest BCUT2D eigenvalue weighted by Gasteiger charge is 2.64. The number of thiazole rings is 1. The molecule has 2 atom stereocenters. The topological polar surface area (TPSA) is 76.1 Å². The smallest absolute Gasteiger partial charge is 0.237 e. The minimum atomic E-state index is -3.28. The highest BCUT2D eigenvalue weighted by atomic mass is 35.5. The number of nitrogens with zero attached hydrogens (tertiary/aromatic N) is 1. The van der Waals surface area contributed by atoms with Gasteiger partial charge in [0, 0.05) is 11.1 Å². The summed E-state index contributed by atoms with van der Waals surface area (Å²) in [5, 5.41) is 3.41. The summed E-state index contributed by atoms with van der Waals surface area (Å²) in [6, 6.07) is 3.44. The Morgan fingerprint density at radius 2 is 2.00 bits per heavy atom. The number of rotatable bonds is 5. The van der Waals surface area contributed by atoms with Gasteiger partial charge in [-0.25, -0.2) is 13.4 Å². The van der Waals surface area contributed by atoms with Gasteiger partial charge in [0.2, 0.25) is 5.91 Å². The highest BCUT2D eigenvalue weighted by molar-refractivity contribution is 7.92. The Bertz CT molecular complexity index is 962. The molecule has 2 aromatic rings. The van der Waals surface area contributed by atoms with Crippen LogP contribution in [0.15, 0.2) is 22.5 Å². The van der Waals surface area contributed by atoms with Crippen molar-refractivity contribution < 1.29 is 13.2 Å². The molecule has 27 heavy (non-hydrogen) atoms. The molecule has 2 unspecified atom stereocenters. The zero-order valence-electron chi connectivity index (χ0n) is 14.9. The number of thiophene rings is 1. The maximum Gasteiger partial charge on any atom is 0.237 e. The molecule has 1 N–H and O–H groups in total. The summed E-state index contributed by atoms with van der Waals surface area (Å²) >= 11 is 8.40. The van der Waals surface area contributed by atoms with E-state index in [0.717, 1.165) is 24.1 Å². The summed E-state index contributed by atoms with van der Waals surface area (Å²) in [5.41, 5.74) is -0.645. The zero-order valence-corrected chi connectivity index (χ0v) is 18.1. The zero-order chi connectivity index (χ0) is 19.2. The largest absolute Gasteiger partial charge is 0.301 e. The van der Waals surface area contributed by atoms with Gasteiger partial charge in [0.1, 0.15) is 8.55 Å². The number of carbonyl (C=O) groups excluding carboxylic acids is 1. The lowest BCUT2D eigenvalue weighted by Crippen LogP contribution is -2.31. The van der Waals surface area contributed by atoms with Crippen molar-refractivity contribution in [2.75, 3.05) is 11.6 Å². The van der Waals surface area contributed by atoms with Gasteiger partial charge in [-0.05, 0) is 30.4 Å². The number of anilines is 1. The molecule has 2 heterocycles. The number of hydrogen-bond acceptors (Lipinski definition) is 6. The van der Waals surface area contributed by atoms with Crippen molar-refractivity contribution in [1.82, 2.24) is 4.98 Å². The first-order valence-corrected chi connectivity index (χ1v) is 12.9. The quantitative estimate of drug-likeness (QED) is 0.722. The Kier molecular flexibility index (Phi) is 5.12. The molecule has 2 aliphatic rings. The van der Waals surface area contributed by atoms with E-state index in [1.54, 1.807) is 6.07 Å². The minimum Gasteiger partial charge on any atom is -0.301 e. The van der Waals surface area contributed by atoms with Gasteiger partial charge >= 0.3 is 0 Å². The fourth-order valence-corrected chi connectivity index (χ4v) is 7.33. The van der Waals surface area contributed by atoms with Crippen molar-refractivity contribution in [3.05, 3.63) is 27.5 Å². The van der Waals surface area contributed by atoms with Crippen LogP contribution in [0.5, 0.6) is 0 Å². The first kappa shape index (κ1) is 19.4. The second kappa shape index (κ2) is 7.13. The fourth-order valence-electron chi connectivity index (χ4n) is 4.33. The van der Waals surface area contributed by atoms with E-state index < -0.39 is 15.3 Å². The number of amides is 1. The van der Waals surface area contributed by atoms with E-state index in [1.807, 2.05) is 6.07 Å². The third kappa shape index (κ3) is 3.69. The fraction of sp³-hybridized carbons (Fsp3) is 0.556. The average Bonchev–Trinajstić information content (AvgIpc) is 2.96. The molecule has 2 fully saturated rings. The lowest BCUT2D eigenvalue weighted by molar-refractivity contribution is -0.119. The van der Waals surface area contributed by atoms with Crippen molar-refractivity contribution in [2.45, 2.75) is 48.1 Å². The van der Waals surface area contributed by atoms with Crippen LogP contribution in [-0.4, -0.2) is 25.6 Å². The standard InChI is InChI=1S/C18H21ClN2O3S3/c1-27(23,24)15-8-7-13(25-15)18(9-12(18)11-5-3-2-4-6-11)16(22)21-17-20-10-14(19)26-17/h7-8,10-12H,2-6,9H2,1H3,(H,20,21,22). The van der Waals surface area contributed by atoms with Crippen molar-refractivity contribution >= 4 is 55.2 Å². The SMILES string of the molecule is CS(=O)(=O)c1ccc(C2(C(=O)Nc3ncc(Cl)s3)CC2C2CCCCC2)s1. The number of aromatic nitrogens is 1. The summed E-state index contributed by atoms with van der Waals surface area (Å²) < 4.78 is 24.7. The third-order valence-electron chi connectivity index (χ3n) is 5.72. The first-order chi connectivity index (χ1) is 12.8. The van der Waals surface area contributed by atoms with Crippen LogP contribution in [0.25, 0.3) is 0 Å². The molecule has 0 spiro atoms. The van der Waals surface area contributed by atoms with Crippen molar-refractivity contribution in [3.63, 3.8) is 0 Å². The predicted molar refractivity (Wildman–Crippen MR) is 110 cm³/mol. The molecule has 146 valence electrons. The summed E-state index contributed by atoms with van der Waals surface area (Å²) in [7, 11) is -3.28. The van der Waals surface area contributed by atoms with Gasteiger partial charge in [-0.3, -0.25) is 4.79 Å². The van der Waals surface area contributed by atoms with E-state index in [0.29, 0.717) is 19.6 Å². The molecular formula is C18H21ClN2O3S3. The normalized spacial score (nSPS) is 26.1. The van der Waals surface area contributed by atoms with Crippen LogP contribution in [-0.2, 0) is 20.0 Å². The molecule has 0 aliphatic heterocycles. The predicted octanol–water partition coefficient (Wildman–Crippen LogP) is 4.74. The average molecular weight is 445 g/mol. The molecule has 5 nitrogen and oxygen atoms in total. The number of nitrogens with one attached hydrogen (secondary N) is 1. The maximum atomic E-state index is 13.3. The van der Waals surface area contributed by atoms with E-state index in [9.17, 15) is 13.2 Å². The van der Waals surface area contributed by atoms with Crippen LogP contribution >= 0.6 is 34.3 Å². The Morgan fingerprint density at radius 1 is 1.26 bits per heavy atom. The Hall–Kier alpha value is -0.960. The van der Waals surface area contributed by atoms with Gasteiger partial charge in [-0.2, -0.15) is 0 Å². The van der Waals surface area contributed by atoms with Crippen molar-refractivity contribution in [2.24, 2.45) is 11.8 Å². The van der Waals surface area contributed by atoms with Crippen LogP contribution in [0.4, 0.5) is 5.13 Å². The summed E-state index contributed by atoms with van der Waals surface area (Å²) in [6.45, 7) is 0. The van der Waals surface area contributed by atoms with Crippen LogP contribution in [0.2, 0.25) is 4.34 Å². The van der Waals surface area contributed by atoms with Crippen LogP contribution in [0.1, 0.15) is 43.4 Å². The van der Waals surface area contributed by atoms with Crippen molar-refractivity contribution in [1.29, 1.82) is 0 Å². The van der Waals surface area contributed by atoms with Crippen molar-refractivity contribution in [3.8, 4) is 0 Å². The van der Waals surface area contributed by atoms with E-state index >= 15 is 0 Å². The molecule has 0 aromatic carbocycles. The van der Waals surface area contributed by atoms with Crippen LogP contribution in [0, 0.1) is 11.8 Å². The van der Waals surface area contributed by atoms with Gasteiger partial charge in [0.05, 0.1) is 11.6 Å². The van der Waals surface area contributed by atoms with Crippen LogP contribution < -0.4 is 5.32 Å². The molecule has 9 heteroatoms. The summed E-state index contributed by atoms with van der Waals surface area (Å²) in [5.74, 6) is 0.693. The van der Waals surface area contributed by atoms with Gasteiger partial charge < -0.3 is 5.32 Å². The van der Waals surface area contributed by atoms with Gasteiger partial charge in [0.15, 0.2) is 15.0 Å². The number of hydrogen-bond donors (Lipinski definition) is 1. The highest BCUT2D eigenvalue weighted by Crippen LogP contribution is 2.62. The lowest BCUT2D eigenvalue weighted by atomic mass is 9.82. The summed E-state index contributed by atoms with van der Waals surface area (Å²) in [6.07, 6.45) is 9.47. The van der Waals surface area contributed by atoms with E-state index in [1.165, 1.54) is 54.4 Å². The number of sulfone groups is 1. The van der Waals surface area contributed by atoms with E-state index in [2.05, 4.69) is 10.3 Å². The molecular weight excluding hydrogens is 424 g/mol. The molecule has 2 aromatic heterocycles. The monoisotopic (exact) mass is 444 g/mol. The lowest BCUT2D eigenvalue weighted by Gasteiger charge is -2.25. The van der Waals surface area contributed by atoms with Gasteiger partial charge in [-0.15, -0.1) is 11.3 Å². The number of halogens is 1. The summed E-state index contributed by atoms with van der Waals surface area (Å²) in [4.78, 5) is 18.3. The second-order valence-electron chi connectivity index (χ2n) is 7.49. The molecule has 0 bridgehead atoms. The molecule has 2 saturated carbocycles. The Labute approximate surface area is 172 Å².